The third-order valence-electron chi connectivity index (χ3n) is 2.49. The highest BCUT2D eigenvalue weighted by Gasteiger charge is 2.20. The second-order valence-corrected chi connectivity index (χ2v) is 5.62. The van der Waals surface area contributed by atoms with Crippen molar-refractivity contribution >= 4 is 21.5 Å². The van der Waals surface area contributed by atoms with E-state index in [0.29, 0.717) is 5.56 Å². The Morgan fingerprint density at radius 1 is 1.32 bits per heavy atom. The van der Waals surface area contributed by atoms with E-state index in [1.54, 1.807) is 19.1 Å². The third kappa shape index (κ3) is 2.82. The van der Waals surface area contributed by atoms with E-state index in [4.69, 9.17) is 5.73 Å². The Balaban J connectivity index is 2.44. The van der Waals surface area contributed by atoms with Gasteiger partial charge in [-0.3, -0.25) is 4.72 Å². The minimum absolute atomic E-state index is 0.157. The van der Waals surface area contributed by atoms with E-state index in [-0.39, 0.29) is 11.5 Å². The van der Waals surface area contributed by atoms with Crippen LogP contribution in [0.4, 0.5) is 15.9 Å². The highest BCUT2D eigenvalue weighted by molar-refractivity contribution is 7.92. The fourth-order valence-electron chi connectivity index (χ4n) is 1.50. The van der Waals surface area contributed by atoms with Crippen LogP contribution in [0.2, 0.25) is 0 Å². The first-order valence-electron chi connectivity index (χ1n) is 5.39. The van der Waals surface area contributed by atoms with Gasteiger partial charge in [-0.25, -0.2) is 17.8 Å². The van der Waals surface area contributed by atoms with E-state index in [0.717, 1.165) is 12.1 Å². The number of hydrogen-bond acceptors (Lipinski definition) is 4. The van der Waals surface area contributed by atoms with Crippen LogP contribution in [0.15, 0.2) is 41.4 Å². The van der Waals surface area contributed by atoms with Crippen molar-refractivity contribution in [1.82, 2.24) is 4.98 Å². The molecule has 7 heteroatoms. The van der Waals surface area contributed by atoms with Crippen LogP contribution >= 0.6 is 0 Å². The largest absolute Gasteiger partial charge is 0.399 e. The molecule has 1 aromatic carbocycles. The van der Waals surface area contributed by atoms with Crippen LogP contribution in [0.5, 0.6) is 0 Å². The molecule has 2 rings (SSSR count). The molecule has 1 aromatic heterocycles. The SMILES string of the molecule is Cc1cccnc1NS(=O)(=O)c1cc(N)ccc1F. The summed E-state index contributed by atoms with van der Waals surface area (Å²) < 4.78 is 40.0. The molecule has 0 aliphatic rings. The summed E-state index contributed by atoms with van der Waals surface area (Å²) in [5.74, 6) is -0.709. The molecule has 2 aromatic rings. The van der Waals surface area contributed by atoms with Gasteiger partial charge in [-0.15, -0.1) is 0 Å². The van der Waals surface area contributed by atoms with Gasteiger partial charge < -0.3 is 5.73 Å². The summed E-state index contributed by atoms with van der Waals surface area (Å²) >= 11 is 0. The smallest absolute Gasteiger partial charge is 0.266 e. The van der Waals surface area contributed by atoms with Crippen LogP contribution in [0, 0.1) is 12.7 Å². The van der Waals surface area contributed by atoms with E-state index in [2.05, 4.69) is 9.71 Å². The van der Waals surface area contributed by atoms with Gasteiger partial charge >= 0.3 is 0 Å². The van der Waals surface area contributed by atoms with Crippen LogP contribution < -0.4 is 10.5 Å². The lowest BCUT2D eigenvalue weighted by Gasteiger charge is -2.10. The number of anilines is 2. The number of nitrogen functional groups attached to an aromatic ring is 1. The van der Waals surface area contributed by atoms with Gasteiger partial charge in [-0.1, -0.05) is 6.07 Å². The number of sulfonamides is 1. The molecule has 0 bridgehead atoms. The van der Waals surface area contributed by atoms with Gasteiger partial charge in [0.05, 0.1) is 0 Å². The molecular weight excluding hydrogens is 269 g/mol. The predicted molar refractivity (Wildman–Crippen MR) is 70.6 cm³/mol. The van der Waals surface area contributed by atoms with E-state index in [9.17, 15) is 12.8 Å². The Bertz CT molecular complexity index is 717. The standard InChI is InChI=1S/C12H12FN3O2S/c1-8-3-2-6-15-12(8)16-19(17,18)11-7-9(14)4-5-10(11)13/h2-7H,14H2,1H3,(H,15,16). The molecule has 5 nitrogen and oxygen atoms in total. The Kier molecular flexibility index (Phi) is 3.39. The summed E-state index contributed by atoms with van der Waals surface area (Å²) in [6.45, 7) is 1.70. The molecule has 0 radical (unpaired) electrons. The molecular formula is C12H12FN3O2S. The van der Waals surface area contributed by atoms with Gasteiger partial charge in [0.25, 0.3) is 10.0 Å². The van der Waals surface area contributed by atoms with Crippen molar-refractivity contribution in [2.45, 2.75) is 11.8 Å². The number of benzene rings is 1. The van der Waals surface area contributed by atoms with Gasteiger partial charge in [0.2, 0.25) is 0 Å². The normalized spacial score (nSPS) is 11.3. The molecule has 0 amide bonds. The van der Waals surface area contributed by atoms with Gasteiger partial charge in [0, 0.05) is 11.9 Å². The fourth-order valence-corrected chi connectivity index (χ4v) is 2.69. The summed E-state index contributed by atoms with van der Waals surface area (Å²) in [7, 11) is -4.06. The Morgan fingerprint density at radius 3 is 2.74 bits per heavy atom. The number of hydrogen-bond donors (Lipinski definition) is 2. The molecule has 1 heterocycles. The summed E-state index contributed by atoms with van der Waals surface area (Å²) in [4.78, 5) is 3.39. The molecule has 0 atom stereocenters. The molecule has 0 aliphatic carbocycles. The van der Waals surface area contributed by atoms with Crippen molar-refractivity contribution in [3.8, 4) is 0 Å². The lowest BCUT2D eigenvalue weighted by atomic mass is 10.3. The zero-order chi connectivity index (χ0) is 14.0. The fraction of sp³-hybridized carbons (Fsp3) is 0.0833. The summed E-state index contributed by atoms with van der Waals surface area (Å²) in [6.07, 6.45) is 1.45. The topological polar surface area (TPSA) is 85.1 Å². The van der Waals surface area contributed by atoms with Gasteiger partial charge in [0.1, 0.15) is 16.5 Å². The highest BCUT2D eigenvalue weighted by Crippen LogP contribution is 2.21. The average Bonchev–Trinajstić information content (AvgIpc) is 2.35. The second kappa shape index (κ2) is 4.85. The molecule has 0 aliphatic heterocycles. The zero-order valence-electron chi connectivity index (χ0n) is 10.1. The first-order chi connectivity index (χ1) is 8.90. The second-order valence-electron chi connectivity index (χ2n) is 3.96. The molecule has 0 saturated heterocycles. The molecule has 100 valence electrons. The Hall–Kier alpha value is -2.15. The first kappa shape index (κ1) is 13.3. The predicted octanol–water partition coefficient (Wildman–Crippen LogP) is 1.91. The summed E-state index contributed by atoms with van der Waals surface area (Å²) in [5, 5.41) is 0. The number of aromatic nitrogens is 1. The number of rotatable bonds is 3. The van der Waals surface area contributed by atoms with Gasteiger partial charge in [-0.05, 0) is 36.8 Å². The Labute approximate surface area is 110 Å². The van der Waals surface area contributed by atoms with Crippen LogP contribution in [0.25, 0.3) is 0 Å². The molecule has 19 heavy (non-hydrogen) atoms. The zero-order valence-corrected chi connectivity index (χ0v) is 10.9. The van der Waals surface area contributed by atoms with Crippen molar-refractivity contribution in [3.63, 3.8) is 0 Å². The van der Waals surface area contributed by atoms with Gasteiger partial charge in [-0.2, -0.15) is 0 Å². The number of aryl methyl sites for hydroxylation is 1. The minimum atomic E-state index is -4.06. The van der Waals surface area contributed by atoms with E-state index in [1.165, 1.54) is 12.3 Å². The first-order valence-corrected chi connectivity index (χ1v) is 6.88. The lowest BCUT2D eigenvalue weighted by molar-refractivity contribution is 0.570. The summed E-state index contributed by atoms with van der Waals surface area (Å²) in [5.41, 5.74) is 6.27. The maximum absolute atomic E-state index is 13.6. The van der Waals surface area contributed by atoms with Crippen LogP contribution in [0.3, 0.4) is 0 Å². The van der Waals surface area contributed by atoms with Crippen molar-refractivity contribution < 1.29 is 12.8 Å². The summed E-state index contributed by atoms with van der Waals surface area (Å²) in [6, 6.07) is 6.74. The Morgan fingerprint density at radius 2 is 2.05 bits per heavy atom. The quantitative estimate of drug-likeness (QED) is 0.842. The number of pyridine rings is 1. The molecule has 3 N–H and O–H groups in total. The monoisotopic (exact) mass is 281 g/mol. The number of nitrogens with one attached hydrogen (secondary N) is 1. The van der Waals surface area contributed by atoms with Crippen LogP contribution in [-0.4, -0.2) is 13.4 Å². The van der Waals surface area contributed by atoms with E-state index < -0.39 is 20.7 Å². The minimum Gasteiger partial charge on any atom is -0.399 e. The maximum atomic E-state index is 13.6. The third-order valence-corrected chi connectivity index (χ3v) is 3.84. The van der Waals surface area contributed by atoms with E-state index in [1.807, 2.05) is 0 Å². The van der Waals surface area contributed by atoms with Gasteiger partial charge in [0.15, 0.2) is 0 Å². The van der Waals surface area contributed by atoms with Crippen LogP contribution in [0.1, 0.15) is 5.56 Å². The average molecular weight is 281 g/mol. The molecule has 0 saturated carbocycles. The number of nitrogens with two attached hydrogens (primary N) is 1. The van der Waals surface area contributed by atoms with Crippen molar-refractivity contribution in [3.05, 3.63) is 47.9 Å². The van der Waals surface area contributed by atoms with Crippen molar-refractivity contribution in [2.24, 2.45) is 0 Å². The number of halogens is 1. The molecule has 0 unspecified atom stereocenters. The van der Waals surface area contributed by atoms with Crippen molar-refractivity contribution in [1.29, 1.82) is 0 Å². The highest BCUT2D eigenvalue weighted by atomic mass is 32.2. The maximum Gasteiger partial charge on any atom is 0.266 e. The molecule has 0 fully saturated rings. The number of nitrogens with zero attached hydrogens (tertiary/aromatic N) is 1. The van der Waals surface area contributed by atoms with E-state index >= 15 is 0 Å². The molecule has 0 spiro atoms. The lowest BCUT2D eigenvalue weighted by Crippen LogP contribution is -2.16. The van der Waals surface area contributed by atoms with Crippen LogP contribution in [-0.2, 0) is 10.0 Å². The van der Waals surface area contributed by atoms with Crippen molar-refractivity contribution in [2.75, 3.05) is 10.5 Å².